The molecule has 3 aromatic rings. The van der Waals surface area contributed by atoms with Crippen LogP contribution < -0.4 is 15.4 Å². The van der Waals surface area contributed by atoms with Crippen LogP contribution in [0, 0.1) is 17.0 Å². The lowest BCUT2D eigenvalue weighted by atomic mass is 10.0. The Labute approximate surface area is 202 Å². The van der Waals surface area contributed by atoms with E-state index in [4.69, 9.17) is 21.7 Å². The molecule has 2 atom stereocenters. The normalized spacial score (nSPS) is 13.0. The van der Waals surface area contributed by atoms with Gasteiger partial charge in [-0.25, -0.2) is 8.78 Å². The minimum absolute atomic E-state index is 0.131. The first-order valence-electron chi connectivity index (χ1n) is 10.1. The van der Waals surface area contributed by atoms with Gasteiger partial charge < -0.3 is 20.8 Å². The largest absolute Gasteiger partial charge is 0.484 e. The minimum atomic E-state index is -5.12. The van der Waals surface area contributed by atoms with Crippen molar-refractivity contribution in [3.05, 3.63) is 88.4 Å². The van der Waals surface area contributed by atoms with E-state index in [2.05, 4.69) is 5.32 Å². The standard InChI is InChI=1S/C24H19ClF5N3O2/c1-13(32-23(34)24(28,29)30)22(14-2-8-19(25)20(27)11-14)35-18-7-9-21(15(10-18)12-31)33-17-5-3-16(26)4-6-17/h2-13,22,31,33H,1H3,(H,32,34)/t13-,22-/m0/s1. The summed E-state index contributed by atoms with van der Waals surface area (Å²) in [6.07, 6.45) is -5.34. The summed E-state index contributed by atoms with van der Waals surface area (Å²) in [5.74, 6) is -3.26. The average molecular weight is 512 g/mol. The van der Waals surface area contributed by atoms with Gasteiger partial charge in [-0.3, -0.25) is 4.79 Å². The van der Waals surface area contributed by atoms with E-state index >= 15 is 0 Å². The maximum absolute atomic E-state index is 14.1. The van der Waals surface area contributed by atoms with Gasteiger partial charge in [0.05, 0.1) is 11.1 Å². The Morgan fingerprint density at radius 1 is 1.06 bits per heavy atom. The maximum Gasteiger partial charge on any atom is 0.471 e. The molecule has 11 heteroatoms. The molecule has 0 aliphatic heterocycles. The number of carbonyl (C=O) groups is 1. The zero-order valence-corrected chi connectivity index (χ0v) is 18.8. The fourth-order valence-electron chi connectivity index (χ4n) is 3.20. The summed E-state index contributed by atoms with van der Waals surface area (Å²) in [7, 11) is 0. The van der Waals surface area contributed by atoms with Gasteiger partial charge in [-0.05, 0) is 67.1 Å². The molecule has 0 aliphatic carbocycles. The van der Waals surface area contributed by atoms with Gasteiger partial charge in [0.2, 0.25) is 0 Å². The van der Waals surface area contributed by atoms with Gasteiger partial charge in [-0.15, -0.1) is 0 Å². The van der Waals surface area contributed by atoms with E-state index in [0.717, 1.165) is 12.3 Å². The second-order valence-corrected chi connectivity index (χ2v) is 7.90. The molecule has 3 rings (SSSR count). The van der Waals surface area contributed by atoms with Gasteiger partial charge in [0, 0.05) is 23.2 Å². The Hall–Kier alpha value is -3.66. The van der Waals surface area contributed by atoms with Crippen molar-refractivity contribution in [1.29, 1.82) is 5.41 Å². The molecule has 1 amide bonds. The number of hydrogen-bond acceptors (Lipinski definition) is 4. The predicted octanol–water partition coefficient (Wildman–Crippen LogP) is 6.55. The number of benzene rings is 3. The Balaban J connectivity index is 1.90. The number of carbonyl (C=O) groups excluding carboxylic acids is 1. The number of anilines is 2. The monoisotopic (exact) mass is 511 g/mol. The molecule has 0 radical (unpaired) electrons. The number of hydrogen-bond donors (Lipinski definition) is 3. The molecule has 0 saturated heterocycles. The van der Waals surface area contributed by atoms with E-state index < -0.39 is 35.9 Å². The summed E-state index contributed by atoms with van der Waals surface area (Å²) < 4.78 is 71.4. The summed E-state index contributed by atoms with van der Waals surface area (Å²) in [6, 6.07) is 12.4. The molecule has 3 aromatic carbocycles. The summed E-state index contributed by atoms with van der Waals surface area (Å²) >= 11 is 5.71. The summed E-state index contributed by atoms with van der Waals surface area (Å²) in [5, 5.41) is 12.3. The molecular formula is C24H19ClF5N3O2. The molecule has 0 fully saturated rings. The van der Waals surface area contributed by atoms with Crippen molar-refractivity contribution >= 4 is 35.1 Å². The zero-order valence-electron chi connectivity index (χ0n) is 18.1. The molecule has 0 unspecified atom stereocenters. The van der Waals surface area contributed by atoms with E-state index in [1.54, 1.807) is 6.07 Å². The van der Waals surface area contributed by atoms with Crippen molar-refractivity contribution < 1.29 is 31.5 Å². The molecule has 5 nitrogen and oxygen atoms in total. The highest BCUT2D eigenvalue weighted by atomic mass is 35.5. The SMILES string of the molecule is C[C@H](NC(=O)C(F)(F)F)[C@H](Oc1ccc(Nc2ccc(F)cc2)c(C=N)c1)c1ccc(Cl)c(F)c1. The van der Waals surface area contributed by atoms with Crippen LogP contribution in [0.15, 0.2) is 60.7 Å². The first-order valence-corrected chi connectivity index (χ1v) is 10.5. The summed E-state index contributed by atoms with van der Waals surface area (Å²) in [4.78, 5) is 11.5. The van der Waals surface area contributed by atoms with Gasteiger partial charge in [0.15, 0.2) is 0 Å². The van der Waals surface area contributed by atoms with Gasteiger partial charge >= 0.3 is 12.1 Å². The van der Waals surface area contributed by atoms with Gasteiger partial charge in [0.25, 0.3) is 0 Å². The third kappa shape index (κ3) is 6.69. The minimum Gasteiger partial charge on any atom is -0.484 e. The highest BCUT2D eigenvalue weighted by molar-refractivity contribution is 6.30. The average Bonchev–Trinajstić information content (AvgIpc) is 2.80. The Kier molecular flexibility index (Phi) is 7.96. The van der Waals surface area contributed by atoms with Crippen molar-refractivity contribution in [2.75, 3.05) is 5.32 Å². The van der Waals surface area contributed by atoms with Crippen molar-refractivity contribution in [2.45, 2.75) is 25.2 Å². The van der Waals surface area contributed by atoms with E-state index in [1.165, 1.54) is 55.5 Å². The molecular weight excluding hydrogens is 493 g/mol. The van der Waals surface area contributed by atoms with Crippen LogP contribution in [-0.4, -0.2) is 24.3 Å². The van der Waals surface area contributed by atoms with Crippen LogP contribution in [0.25, 0.3) is 0 Å². The maximum atomic E-state index is 14.1. The second kappa shape index (κ2) is 10.7. The smallest absolute Gasteiger partial charge is 0.471 e. The van der Waals surface area contributed by atoms with Crippen molar-refractivity contribution in [3.63, 3.8) is 0 Å². The number of alkyl halides is 3. The van der Waals surface area contributed by atoms with E-state index in [9.17, 15) is 26.7 Å². The Bertz CT molecular complexity index is 1220. The fourth-order valence-corrected chi connectivity index (χ4v) is 3.31. The van der Waals surface area contributed by atoms with Crippen LogP contribution in [0.3, 0.4) is 0 Å². The number of ether oxygens (including phenoxy) is 1. The topological polar surface area (TPSA) is 74.2 Å². The van der Waals surface area contributed by atoms with Gasteiger partial charge in [-0.1, -0.05) is 17.7 Å². The molecule has 0 aromatic heterocycles. The molecule has 35 heavy (non-hydrogen) atoms. The number of amides is 1. The van der Waals surface area contributed by atoms with Crippen LogP contribution in [-0.2, 0) is 4.79 Å². The molecule has 0 aliphatic rings. The zero-order chi connectivity index (χ0) is 25.8. The lowest BCUT2D eigenvalue weighted by Crippen LogP contribution is -2.45. The Morgan fingerprint density at radius 2 is 1.74 bits per heavy atom. The van der Waals surface area contributed by atoms with Crippen LogP contribution in [0.2, 0.25) is 5.02 Å². The van der Waals surface area contributed by atoms with Crippen molar-refractivity contribution in [1.82, 2.24) is 5.32 Å². The highest BCUT2D eigenvalue weighted by Crippen LogP contribution is 2.31. The lowest BCUT2D eigenvalue weighted by Gasteiger charge is -2.27. The van der Waals surface area contributed by atoms with Crippen LogP contribution in [0.5, 0.6) is 5.75 Å². The van der Waals surface area contributed by atoms with Gasteiger partial charge in [0.1, 0.15) is 23.5 Å². The second-order valence-electron chi connectivity index (χ2n) is 7.50. The summed E-state index contributed by atoms with van der Waals surface area (Å²) in [6.45, 7) is 1.28. The molecule has 0 heterocycles. The highest BCUT2D eigenvalue weighted by Gasteiger charge is 2.40. The quantitative estimate of drug-likeness (QED) is 0.237. The molecule has 0 spiro atoms. The summed E-state index contributed by atoms with van der Waals surface area (Å²) in [5.41, 5.74) is 1.51. The number of nitrogens with one attached hydrogen (secondary N) is 3. The van der Waals surface area contributed by atoms with Crippen molar-refractivity contribution in [3.8, 4) is 5.75 Å². The first-order chi connectivity index (χ1) is 16.5. The third-order valence-corrected chi connectivity index (χ3v) is 5.21. The third-order valence-electron chi connectivity index (χ3n) is 4.91. The molecule has 3 N–H and O–H groups in total. The fraction of sp³-hybridized carbons (Fsp3) is 0.167. The number of rotatable bonds is 8. The van der Waals surface area contributed by atoms with Gasteiger partial charge in [-0.2, -0.15) is 13.2 Å². The van der Waals surface area contributed by atoms with E-state index in [1.807, 2.05) is 5.32 Å². The van der Waals surface area contributed by atoms with E-state index in [0.29, 0.717) is 16.9 Å². The van der Waals surface area contributed by atoms with Crippen LogP contribution in [0.1, 0.15) is 24.2 Å². The number of halogens is 6. The van der Waals surface area contributed by atoms with Crippen LogP contribution >= 0.6 is 11.6 Å². The molecule has 0 saturated carbocycles. The molecule has 0 bridgehead atoms. The van der Waals surface area contributed by atoms with Crippen LogP contribution in [0.4, 0.5) is 33.3 Å². The lowest BCUT2D eigenvalue weighted by molar-refractivity contribution is -0.174. The first kappa shape index (κ1) is 26.0. The van der Waals surface area contributed by atoms with Crippen molar-refractivity contribution in [2.24, 2.45) is 0 Å². The Morgan fingerprint density at radius 3 is 2.34 bits per heavy atom. The van der Waals surface area contributed by atoms with E-state index in [-0.39, 0.29) is 16.3 Å². The predicted molar refractivity (Wildman–Crippen MR) is 122 cm³/mol. The molecule has 184 valence electrons.